The molecule has 0 N–H and O–H groups in total. The number of amides is 1. The van der Waals surface area contributed by atoms with Gasteiger partial charge in [-0.25, -0.2) is 4.98 Å². The second-order valence-electron chi connectivity index (χ2n) is 4.95. The van der Waals surface area contributed by atoms with Gasteiger partial charge in [0.2, 0.25) is 0 Å². The van der Waals surface area contributed by atoms with Gasteiger partial charge in [-0.15, -0.1) is 0 Å². The number of nitrogens with zero attached hydrogens (tertiary/aromatic N) is 2. The maximum atomic E-state index is 12.5. The van der Waals surface area contributed by atoms with Crippen LogP contribution in [0.4, 0.5) is 0 Å². The summed E-state index contributed by atoms with van der Waals surface area (Å²) in [6, 6.07) is 9.45. The predicted molar refractivity (Wildman–Crippen MR) is 78.1 cm³/mol. The summed E-state index contributed by atoms with van der Waals surface area (Å²) in [6.45, 7) is 3.70. The molecule has 4 nitrogen and oxygen atoms in total. The summed E-state index contributed by atoms with van der Waals surface area (Å²) in [4.78, 5) is 18.5. The third kappa shape index (κ3) is 2.49. The maximum absolute atomic E-state index is 12.5. The molecule has 1 aliphatic rings. The average molecular weight is 291 g/mol. The summed E-state index contributed by atoms with van der Waals surface area (Å²) >= 11 is 6.17. The fraction of sp³-hybridized carbons (Fsp3) is 0.333. The Kier molecular flexibility index (Phi) is 3.59. The van der Waals surface area contributed by atoms with Crippen LogP contribution in [-0.2, 0) is 4.74 Å². The highest BCUT2D eigenvalue weighted by atomic mass is 35.5. The topological polar surface area (TPSA) is 42.4 Å². The first-order valence-corrected chi connectivity index (χ1v) is 6.99. The first kappa shape index (κ1) is 13.3. The van der Waals surface area contributed by atoms with E-state index in [1.165, 1.54) is 0 Å². The van der Waals surface area contributed by atoms with E-state index in [9.17, 15) is 4.79 Å². The monoisotopic (exact) mass is 290 g/mol. The van der Waals surface area contributed by atoms with Gasteiger partial charge >= 0.3 is 0 Å². The third-order valence-electron chi connectivity index (χ3n) is 3.44. The van der Waals surface area contributed by atoms with Gasteiger partial charge in [-0.2, -0.15) is 0 Å². The van der Waals surface area contributed by atoms with Crippen LogP contribution < -0.4 is 0 Å². The van der Waals surface area contributed by atoms with Crippen molar-refractivity contribution in [2.45, 2.75) is 13.0 Å². The van der Waals surface area contributed by atoms with Gasteiger partial charge in [-0.3, -0.25) is 4.79 Å². The van der Waals surface area contributed by atoms with E-state index < -0.39 is 0 Å². The van der Waals surface area contributed by atoms with Crippen LogP contribution in [0, 0.1) is 0 Å². The van der Waals surface area contributed by atoms with Crippen LogP contribution in [-0.4, -0.2) is 41.6 Å². The molecule has 2 heterocycles. The van der Waals surface area contributed by atoms with Crippen molar-refractivity contribution in [2.75, 3.05) is 19.7 Å². The fourth-order valence-electron chi connectivity index (χ4n) is 2.43. The molecule has 0 aliphatic carbocycles. The molecule has 1 saturated heterocycles. The van der Waals surface area contributed by atoms with Crippen molar-refractivity contribution in [3.8, 4) is 0 Å². The minimum Gasteiger partial charge on any atom is -0.375 e. The molecule has 1 amide bonds. The first-order chi connectivity index (χ1) is 9.65. The van der Waals surface area contributed by atoms with Crippen LogP contribution in [0.5, 0.6) is 0 Å². The Balaban J connectivity index is 1.95. The number of pyridine rings is 1. The van der Waals surface area contributed by atoms with E-state index in [1.54, 1.807) is 11.0 Å². The highest BCUT2D eigenvalue weighted by molar-refractivity contribution is 6.34. The Hall–Kier alpha value is -1.65. The van der Waals surface area contributed by atoms with Crippen molar-refractivity contribution < 1.29 is 9.53 Å². The molecule has 0 bridgehead atoms. The fourth-order valence-corrected chi connectivity index (χ4v) is 2.69. The first-order valence-electron chi connectivity index (χ1n) is 6.61. The normalized spacial score (nSPS) is 19.3. The molecule has 2 aromatic rings. The van der Waals surface area contributed by atoms with Crippen LogP contribution in [0.1, 0.15) is 17.4 Å². The lowest BCUT2D eigenvalue weighted by Gasteiger charge is -2.31. The lowest BCUT2D eigenvalue weighted by Crippen LogP contribution is -2.44. The van der Waals surface area contributed by atoms with Crippen LogP contribution >= 0.6 is 11.6 Å². The molecule has 0 spiro atoms. The predicted octanol–water partition coefficient (Wildman–Crippen LogP) is 2.75. The number of fused-ring (bicyclic) bond motifs is 1. The average Bonchev–Trinajstić information content (AvgIpc) is 2.46. The van der Waals surface area contributed by atoms with Gasteiger partial charge in [-0.1, -0.05) is 35.9 Å². The lowest BCUT2D eigenvalue weighted by molar-refractivity contribution is -0.0126. The van der Waals surface area contributed by atoms with Gasteiger partial charge in [0.25, 0.3) is 5.91 Å². The van der Waals surface area contributed by atoms with Gasteiger partial charge in [0.15, 0.2) is 0 Å². The smallest absolute Gasteiger partial charge is 0.272 e. The standard InChI is InChI=1S/C15H15ClN2O2/c1-10-9-18(6-7-20-10)15(19)13-8-11-4-2-3-5-12(11)14(16)17-13/h2-5,8,10H,6-7,9H2,1H3. The largest absolute Gasteiger partial charge is 0.375 e. The number of morpholine rings is 1. The Bertz CT molecular complexity index is 659. The van der Waals surface area contributed by atoms with Crippen molar-refractivity contribution >= 4 is 28.3 Å². The van der Waals surface area contributed by atoms with Crippen molar-refractivity contribution in [1.82, 2.24) is 9.88 Å². The number of benzene rings is 1. The van der Waals surface area contributed by atoms with Crippen LogP contribution in [0.3, 0.4) is 0 Å². The molecular weight excluding hydrogens is 276 g/mol. The van der Waals surface area contributed by atoms with Crippen LogP contribution in [0.15, 0.2) is 30.3 Å². The summed E-state index contributed by atoms with van der Waals surface area (Å²) in [5.74, 6) is -0.0900. The van der Waals surface area contributed by atoms with Crippen LogP contribution in [0.2, 0.25) is 5.15 Å². The SMILES string of the molecule is CC1CN(C(=O)c2cc3ccccc3c(Cl)n2)CCO1. The van der Waals surface area contributed by atoms with Gasteiger partial charge in [-0.05, 0) is 18.4 Å². The van der Waals surface area contributed by atoms with E-state index in [4.69, 9.17) is 16.3 Å². The van der Waals surface area contributed by atoms with E-state index >= 15 is 0 Å². The number of halogens is 1. The third-order valence-corrected chi connectivity index (χ3v) is 3.73. The molecule has 20 heavy (non-hydrogen) atoms. The van der Waals surface area contributed by atoms with E-state index in [2.05, 4.69) is 4.98 Å². The quantitative estimate of drug-likeness (QED) is 0.759. The van der Waals surface area contributed by atoms with Crippen LogP contribution in [0.25, 0.3) is 10.8 Å². The van der Waals surface area contributed by atoms with E-state index in [0.717, 1.165) is 10.8 Å². The Morgan fingerprint density at radius 1 is 1.45 bits per heavy atom. The van der Waals surface area contributed by atoms with E-state index in [1.807, 2.05) is 31.2 Å². The Morgan fingerprint density at radius 2 is 2.25 bits per heavy atom. The molecule has 1 aliphatic heterocycles. The summed E-state index contributed by atoms with van der Waals surface area (Å²) in [7, 11) is 0. The number of rotatable bonds is 1. The molecule has 3 rings (SSSR count). The lowest BCUT2D eigenvalue weighted by atomic mass is 10.1. The second-order valence-corrected chi connectivity index (χ2v) is 5.31. The van der Waals surface area contributed by atoms with Crippen molar-refractivity contribution in [1.29, 1.82) is 0 Å². The number of carbonyl (C=O) groups is 1. The molecule has 1 aromatic heterocycles. The summed E-state index contributed by atoms with van der Waals surface area (Å²) < 4.78 is 5.45. The molecule has 1 atom stereocenters. The highest BCUT2D eigenvalue weighted by Crippen LogP contribution is 2.23. The van der Waals surface area contributed by atoms with Gasteiger partial charge in [0, 0.05) is 18.5 Å². The molecule has 5 heteroatoms. The number of hydrogen-bond donors (Lipinski definition) is 0. The molecule has 1 aromatic carbocycles. The number of aromatic nitrogens is 1. The van der Waals surface area contributed by atoms with E-state index in [-0.39, 0.29) is 12.0 Å². The number of ether oxygens (including phenoxy) is 1. The molecule has 0 saturated carbocycles. The Labute approximate surface area is 122 Å². The highest BCUT2D eigenvalue weighted by Gasteiger charge is 2.24. The zero-order chi connectivity index (χ0) is 14.1. The molecule has 104 valence electrons. The molecular formula is C15H15ClN2O2. The van der Waals surface area contributed by atoms with E-state index in [0.29, 0.717) is 30.5 Å². The number of carbonyl (C=O) groups excluding carboxylic acids is 1. The van der Waals surface area contributed by atoms with Crippen molar-refractivity contribution in [3.63, 3.8) is 0 Å². The van der Waals surface area contributed by atoms with Gasteiger partial charge < -0.3 is 9.64 Å². The summed E-state index contributed by atoms with van der Waals surface area (Å²) in [6.07, 6.45) is 0.0589. The van der Waals surface area contributed by atoms with Gasteiger partial charge in [0.05, 0.1) is 12.7 Å². The minimum atomic E-state index is -0.0900. The zero-order valence-electron chi connectivity index (χ0n) is 11.2. The molecule has 0 radical (unpaired) electrons. The molecule has 1 fully saturated rings. The zero-order valence-corrected chi connectivity index (χ0v) is 11.9. The van der Waals surface area contributed by atoms with Gasteiger partial charge in [0.1, 0.15) is 10.8 Å². The van der Waals surface area contributed by atoms with Crippen molar-refractivity contribution in [2.24, 2.45) is 0 Å². The Morgan fingerprint density at radius 3 is 3.05 bits per heavy atom. The summed E-state index contributed by atoms with van der Waals surface area (Å²) in [5, 5.41) is 2.16. The summed E-state index contributed by atoms with van der Waals surface area (Å²) in [5.41, 5.74) is 0.391. The minimum absolute atomic E-state index is 0.0589. The van der Waals surface area contributed by atoms with Crippen molar-refractivity contribution in [3.05, 3.63) is 41.2 Å². The molecule has 1 unspecified atom stereocenters. The maximum Gasteiger partial charge on any atom is 0.272 e. The number of hydrogen-bond acceptors (Lipinski definition) is 3. The second kappa shape index (κ2) is 5.38.